The average molecular weight is 1160 g/mol. The van der Waals surface area contributed by atoms with Crippen LogP contribution in [0.5, 0.6) is 0 Å². The van der Waals surface area contributed by atoms with Crippen LogP contribution in [0.3, 0.4) is 0 Å². The van der Waals surface area contributed by atoms with Gasteiger partial charge in [0, 0.05) is 19.3 Å². The second-order valence-corrected chi connectivity index (χ2v) is 24.8. The minimum absolute atomic E-state index is 0.0741. The Morgan fingerprint density at radius 1 is 0.241 bits per heavy atom. The van der Waals surface area contributed by atoms with E-state index in [1.54, 1.807) is 0 Å². The van der Waals surface area contributed by atoms with Gasteiger partial charge >= 0.3 is 17.9 Å². The second-order valence-electron chi connectivity index (χ2n) is 24.8. The summed E-state index contributed by atoms with van der Waals surface area (Å²) in [6, 6.07) is 0. The molecule has 0 amide bonds. The molecule has 0 aliphatic rings. The van der Waals surface area contributed by atoms with Crippen LogP contribution in [0, 0.1) is 0 Å². The molecule has 0 aliphatic heterocycles. The highest BCUT2D eigenvalue weighted by molar-refractivity contribution is 5.71. The van der Waals surface area contributed by atoms with Crippen molar-refractivity contribution in [2.45, 2.75) is 399 Å². The van der Waals surface area contributed by atoms with Crippen LogP contribution in [0.4, 0.5) is 0 Å². The molecule has 0 aliphatic carbocycles. The molecule has 0 aromatic carbocycles. The third-order valence-corrected chi connectivity index (χ3v) is 16.5. The fraction of sp³-hybridized carbons (Fsp3) is 0.831. The molecule has 0 bridgehead atoms. The third-order valence-electron chi connectivity index (χ3n) is 16.5. The fourth-order valence-electron chi connectivity index (χ4n) is 10.9. The van der Waals surface area contributed by atoms with Crippen molar-refractivity contribution in [1.29, 1.82) is 0 Å². The zero-order valence-corrected chi connectivity index (χ0v) is 55.7. The maximum absolute atomic E-state index is 13.0. The van der Waals surface area contributed by atoms with Crippen LogP contribution < -0.4 is 0 Å². The van der Waals surface area contributed by atoms with Crippen molar-refractivity contribution in [1.82, 2.24) is 0 Å². The Bertz CT molecular complexity index is 1470. The van der Waals surface area contributed by atoms with Gasteiger partial charge in [-0.1, -0.05) is 326 Å². The van der Waals surface area contributed by atoms with Gasteiger partial charge in [-0.15, -0.1) is 0 Å². The molecule has 0 heterocycles. The number of hydrogen-bond acceptors (Lipinski definition) is 6. The van der Waals surface area contributed by atoms with E-state index in [0.717, 1.165) is 77.0 Å². The molecule has 0 rings (SSSR count). The van der Waals surface area contributed by atoms with Gasteiger partial charge in [-0.05, 0) is 109 Å². The van der Waals surface area contributed by atoms with Crippen LogP contribution in [0.1, 0.15) is 393 Å². The minimum Gasteiger partial charge on any atom is -0.462 e. The zero-order chi connectivity index (χ0) is 59.9. The molecule has 6 heteroatoms. The van der Waals surface area contributed by atoms with Gasteiger partial charge in [0.2, 0.25) is 0 Å². The lowest BCUT2D eigenvalue weighted by molar-refractivity contribution is -0.167. The van der Waals surface area contributed by atoms with E-state index in [0.29, 0.717) is 19.3 Å². The maximum Gasteiger partial charge on any atom is 0.306 e. The summed E-state index contributed by atoms with van der Waals surface area (Å²) >= 11 is 0. The van der Waals surface area contributed by atoms with Crippen molar-refractivity contribution in [2.75, 3.05) is 13.2 Å². The highest BCUT2D eigenvalue weighted by Crippen LogP contribution is 2.18. The smallest absolute Gasteiger partial charge is 0.306 e. The first-order chi connectivity index (χ1) is 41.0. The molecule has 0 radical (unpaired) electrons. The summed E-state index contributed by atoms with van der Waals surface area (Å²) < 4.78 is 17.0. The van der Waals surface area contributed by atoms with Crippen molar-refractivity contribution in [3.8, 4) is 0 Å². The summed E-state index contributed by atoms with van der Waals surface area (Å²) in [5.74, 6) is -0.859. The Labute approximate surface area is 517 Å². The minimum atomic E-state index is -0.779. The Morgan fingerprint density at radius 3 is 0.675 bits per heavy atom. The lowest BCUT2D eigenvalue weighted by Gasteiger charge is -2.18. The van der Waals surface area contributed by atoms with E-state index in [2.05, 4.69) is 81.5 Å². The molecule has 0 saturated carbocycles. The first-order valence-electron chi connectivity index (χ1n) is 36.8. The van der Waals surface area contributed by atoms with E-state index in [1.165, 1.54) is 276 Å². The normalized spacial score (nSPS) is 12.4. The van der Waals surface area contributed by atoms with Crippen LogP contribution in [0.2, 0.25) is 0 Å². The standard InChI is InChI=1S/C77H140O6/c1-4-7-10-13-16-19-22-25-28-30-32-34-36-38-40-42-44-46-49-52-55-58-61-64-67-70-76(79)82-73-74(72-81-75(78)69-66-63-60-57-54-51-48-27-24-21-18-15-12-9-6-3)83-77(80)71-68-65-62-59-56-53-50-47-45-43-41-39-37-35-33-31-29-26-23-20-17-14-11-8-5-2/h22-23,25-27,30-33,48,74H,4-21,24,28-29,34-47,49-73H2,1-3H3/b25-22-,26-23-,32-30-,33-31-,48-27-. The molecule has 0 spiro atoms. The van der Waals surface area contributed by atoms with E-state index in [1.807, 2.05) is 0 Å². The predicted molar refractivity (Wildman–Crippen MR) is 362 cm³/mol. The topological polar surface area (TPSA) is 78.9 Å². The zero-order valence-electron chi connectivity index (χ0n) is 55.7. The van der Waals surface area contributed by atoms with E-state index < -0.39 is 6.10 Å². The number of rotatable bonds is 68. The van der Waals surface area contributed by atoms with Gasteiger partial charge in [0.1, 0.15) is 13.2 Å². The molecule has 0 saturated heterocycles. The first-order valence-corrected chi connectivity index (χ1v) is 36.8. The number of carbonyl (C=O) groups excluding carboxylic acids is 3. The lowest BCUT2D eigenvalue weighted by Crippen LogP contribution is -2.30. The van der Waals surface area contributed by atoms with Crippen molar-refractivity contribution in [2.24, 2.45) is 0 Å². The largest absolute Gasteiger partial charge is 0.462 e. The van der Waals surface area contributed by atoms with E-state index >= 15 is 0 Å². The number of hydrogen-bond donors (Lipinski definition) is 0. The lowest BCUT2D eigenvalue weighted by atomic mass is 10.0. The third kappa shape index (κ3) is 69.8. The SMILES string of the molecule is CCCCCCC/C=C\C/C=C\CCCCCCCCCCCCCCCC(=O)OCC(COC(=O)CCCCCCC/C=C\CCCCCCCC)OC(=O)CCCCCCCCCCCCCCC/C=C\C/C=C\CCCCCCC. The Balaban J connectivity index is 4.29. The monoisotopic (exact) mass is 1160 g/mol. The van der Waals surface area contributed by atoms with Crippen LogP contribution in [-0.4, -0.2) is 37.2 Å². The summed E-state index contributed by atoms with van der Waals surface area (Å²) in [5, 5.41) is 0. The summed E-state index contributed by atoms with van der Waals surface area (Å²) in [6.07, 6.45) is 92.5. The van der Waals surface area contributed by atoms with Gasteiger partial charge in [0.15, 0.2) is 6.10 Å². The van der Waals surface area contributed by atoms with Gasteiger partial charge in [-0.3, -0.25) is 14.4 Å². The molecule has 0 aromatic heterocycles. The maximum atomic E-state index is 13.0. The number of ether oxygens (including phenoxy) is 3. The molecule has 1 unspecified atom stereocenters. The molecule has 0 aromatic rings. The van der Waals surface area contributed by atoms with E-state index in [9.17, 15) is 14.4 Å². The molecular weight excluding hydrogens is 1020 g/mol. The molecule has 1 atom stereocenters. The Hall–Kier alpha value is -2.89. The number of esters is 3. The van der Waals surface area contributed by atoms with Crippen LogP contribution >= 0.6 is 0 Å². The Morgan fingerprint density at radius 2 is 0.434 bits per heavy atom. The van der Waals surface area contributed by atoms with E-state index in [-0.39, 0.29) is 31.1 Å². The fourth-order valence-corrected chi connectivity index (χ4v) is 10.9. The van der Waals surface area contributed by atoms with Crippen LogP contribution in [-0.2, 0) is 28.6 Å². The molecule has 6 nitrogen and oxygen atoms in total. The molecular formula is C77H140O6. The van der Waals surface area contributed by atoms with Gasteiger partial charge in [-0.25, -0.2) is 0 Å². The summed E-state index contributed by atoms with van der Waals surface area (Å²) in [6.45, 7) is 6.67. The van der Waals surface area contributed by atoms with E-state index in [4.69, 9.17) is 14.2 Å². The second kappa shape index (κ2) is 71.6. The van der Waals surface area contributed by atoms with Crippen molar-refractivity contribution >= 4 is 17.9 Å². The van der Waals surface area contributed by atoms with Gasteiger partial charge < -0.3 is 14.2 Å². The van der Waals surface area contributed by atoms with Gasteiger partial charge in [0.25, 0.3) is 0 Å². The van der Waals surface area contributed by atoms with Crippen LogP contribution in [0.25, 0.3) is 0 Å². The van der Waals surface area contributed by atoms with Crippen molar-refractivity contribution < 1.29 is 28.6 Å². The quantitative estimate of drug-likeness (QED) is 0.0261. The van der Waals surface area contributed by atoms with Crippen molar-refractivity contribution in [3.63, 3.8) is 0 Å². The number of carbonyl (C=O) groups is 3. The predicted octanol–water partition coefficient (Wildman–Crippen LogP) is 25.5. The highest BCUT2D eigenvalue weighted by Gasteiger charge is 2.19. The number of allylic oxidation sites excluding steroid dienone is 10. The summed E-state index contributed by atoms with van der Waals surface area (Å²) in [5.41, 5.74) is 0. The summed E-state index contributed by atoms with van der Waals surface area (Å²) in [4.78, 5) is 38.5. The number of unbranched alkanes of at least 4 members (excludes halogenated alkanes) is 47. The van der Waals surface area contributed by atoms with Gasteiger partial charge in [0.05, 0.1) is 0 Å². The van der Waals surface area contributed by atoms with Crippen molar-refractivity contribution in [3.05, 3.63) is 60.8 Å². The summed E-state index contributed by atoms with van der Waals surface area (Å²) in [7, 11) is 0. The van der Waals surface area contributed by atoms with Crippen LogP contribution in [0.15, 0.2) is 60.8 Å². The molecule has 0 fully saturated rings. The first kappa shape index (κ1) is 80.1. The Kier molecular flexibility index (Phi) is 69.1. The highest BCUT2D eigenvalue weighted by atomic mass is 16.6. The van der Waals surface area contributed by atoms with Gasteiger partial charge in [-0.2, -0.15) is 0 Å². The molecule has 484 valence electrons. The molecule has 0 N–H and O–H groups in total. The average Bonchev–Trinajstić information content (AvgIpc) is 3.49. The molecule has 83 heavy (non-hydrogen) atoms.